The molecule has 0 unspecified atom stereocenters. The first-order chi connectivity index (χ1) is 7.93. The molecule has 0 aliphatic carbocycles. The third kappa shape index (κ3) is 1.48. The molecule has 0 radical (unpaired) electrons. The fourth-order valence-electron chi connectivity index (χ4n) is 1.40. The number of nitrogens with zero attached hydrogens (tertiary/aromatic N) is 3. The van der Waals surface area contributed by atoms with Crippen LogP contribution in [0.25, 0.3) is 11.0 Å². The van der Waals surface area contributed by atoms with E-state index in [4.69, 9.17) is 4.74 Å². The molecular weight excluding hydrogens is 206 g/mol. The molecule has 3 aromatic rings. The molecule has 5 nitrogen and oxygen atoms in total. The average Bonchev–Trinajstić information content (AvgIpc) is 2.80. The number of hydrogen-bond acceptors (Lipinski definition) is 5. The number of fused-ring (bicyclic) bond motifs is 1. The number of pyridine rings is 1. The summed E-state index contributed by atoms with van der Waals surface area (Å²) < 4.78 is 10.3. The van der Waals surface area contributed by atoms with Gasteiger partial charge < -0.3 is 4.74 Å². The van der Waals surface area contributed by atoms with Gasteiger partial charge in [0.05, 0.1) is 0 Å². The van der Waals surface area contributed by atoms with Crippen molar-refractivity contribution in [3.8, 4) is 11.5 Å². The topological polar surface area (TPSA) is 61.0 Å². The van der Waals surface area contributed by atoms with Crippen molar-refractivity contribution in [2.75, 3.05) is 0 Å². The molecule has 0 aliphatic heterocycles. The summed E-state index contributed by atoms with van der Waals surface area (Å²) in [5.74, 6) is 1.32. The van der Waals surface area contributed by atoms with Gasteiger partial charge in [0, 0.05) is 12.4 Å². The van der Waals surface area contributed by atoms with E-state index in [1.54, 1.807) is 24.5 Å². The molecule has 78 valence electrons. The van der Waals surface area contributed by atoms with Crippen molar-refractivity contribution in [2.24, 2.45) is 0 Å². The van der Waals surface area contributed by atoms with Crippen LogP contribution in [0.4, 0.5) is 0 Å². The minimum Gasteiger partial charge on any atom is -0.455 e. The summed E-state index contributed by atoms with van der Waals surface area (Å²) in [5, 5.41) is 7.53. The lowest BCUT2D eigenvalue weighted by molar-refractivity contribution is 0.314. The van der Waals surface area contributed by atoms with Gasteiger partial charge in [0.1, 0.15) is 11.3 Å². The van der Waals surface area contributed by atoms with Crippen molar-refractivity contribution in [1.82, 2.24) is 15.3 Å². The zero-order valence-electron chi connectivity index (χ0n) is 8.20. The molecule has 0 saturated carbocycles. The molecule has 2 heterocycles. The summed E-state index contributed by atoms with van der Waals surface area (Å²) in [6, 6.07) is 9.00. The highest BCUT2D eigenvalue weighted by molar-refractivity contribution is 5.80. The molecule has 0 amide bonds. The van der Waals surface area contributed by atoms with Gasteiger partial charge >= 0.3 is 0 Å². The molecule has 0 saturated heterocycles. The molecule has 2 aromatic heterocycles. The van der Waals surface area contributed by atoms with Crippen LogP contribution in [0, 0.1) is 0 Å². The van der Waals surface area contributed by atoms with Gasteiger partial charge in [-0.05, 0) is 34.6 Å². The van der Waals surface area contributed by atoms with Gasteiger partial charge in [-0.15, -0.1) is 0 Å². The van der Waals surface area contributed by atoms with E-state index in [-0.39, 0.29) is 0 Å². The number of rotatable bonds is 2. The maximum absolute atomic E-state index is 5.65. The molecule has 0 N–H and O–H groups in total. The Morgan fingerprint density at radius 1 is 1.00 bits per heavy atom. The SMILES string of the molecule is c1cc(Oc2ccncc2)c2nonc2c1. The van der Waals surface area contributed by atoms with Crippen molar-refractivity contribution in [1.29, 1.82) is 0 Å². The second-order valence-electron chi connectivity index (χ2n) is 3.17. The van der Waals surface area contributed by atoms with Gasteiger partial charge in [0.2, 0.25) is 0 Å². The summed E-state index contributed by atoms with van der Waals surface area (Å²) >= 11 is 0. The maximum atomic E-state index is 5.65. The number of aromatic nitrogens is 3. The fourth-order valence-corrected chi connectivity index (χ4v) is 1.40. The minimum atomic E-state index is 0.610. The Labute approximate surface area is 90.6 Å². The summed E-state index contributed by atoms with van der Waals surface area (Å²) in [6.45, 7) is 0. The molecule has 5 heteroatoms. The Morgan fingerprint density at radius 2 is 1.88 bits per heavy atom. The largest absolute Gasteiger partial charge is 0.455 e. The molecule has 0 fully saturated rings. The highest BCUT2D eigenvalue weighted by Gasteiger charge is 2.07. The van der Waals surface area contributed by atoms with E-state index in [0.717, 1.165) is 0 Å². The smallest absolute Gasteiger partial charge is 0.177 e. The van der Waals surface area contributed by atoms with Gasteiger partial charge in [0.25, 0.3) is 0 Å². The lowest BCUT2D eigenvalue weighted by Gasteiger charge is -2.03. The van der Waals surface area contributed by atoms with E-state index in [9.17, 15) is 0 Å². The predicted octanol–water partition coefficient (Wildman–Crippen LogP) is 2.41. The zero-order chi connectivity index (χ0) is 10.8. The highest BCUT2D eigenvalue weighted by Crippen LogP contribution is 2.26. The number of benzene rings is 1. The van der Waals surface area contributed by atoms with E-state index in [2.05, 4.69) is 19.9 Å². The number of ether oxygens (including phenoxy) is 1. The van der Waals surface area contributed by atoms with Crippen molar-refractivity contribution in [2.45, 2.75) is 0 Å². The Morgan fingerprint density at radius 3 is 2.75 bits per heavy atom. The molecule has 3 rings (SSSR count). The third-order valence-corrected chi connectivity index (χ3v) is 2.13. The molecule has 0 atom stereocenters. The summed E-state index contributed by atoms with van der Waals surface area (Å²) in [4.78, 5) is 3.91. The summed E-state index contributed by atoms with van der Waals surface area (Å²) in [6.07, 6.45) is 3.33. The normalized spacial score (nSPS) is 10.5. The van der Waals surface area contributed by atoms with Crippen LogP contribution in [0.2, 0.25) is 0 Å². The Hall–Kier alpha value is -2.43. The monoisotopic (exact) mass is 213 g/mol. The van der Waals surface area contributed by atoms with Gasteiger partial charge in [-0.3, -0.25) is 4.98 Å². The van der Waals surface area contributed by atoms with E-state index in [0.29, 0.717) is 22.5 Å². The molecule has 0 aliphatic rings. The second-order valence-corrected chi connectivity index (χ2v) is 3.17. The summed E-state index contributed by atoms with van der Waals surface area (Å²) in [7, 11) is 0. The van der Waals surface area contributed by atoms with Gasteiger partial charge in [-0.1, -0.05) is 6.07 Å². The van der Waals surface area contributed by atoms with Gasteiger partial charge in [0.15, 0.2) is 11.3 Å². The van der Waals surface area contributed by atoms with Gasteiger partial charge in [-0.2, -0.15) is 0 Å². The Bertz CT molecular complexity index is 607. The average molecular weight is 213 g/mol. The van der Waals surface area contributed by atoms with Crippen LogP contribution >= 0.6 is 0 Å². The van der Waals surface area contributed by atoms with Crippen molar-refractivity contribution >= 4 is 11.0 Å². The first-order valence-corrected chi connectivity index (χ1v) is 4.73. The molecular formula is C11H7N3O2. The first kappa shape index (κ1) is 8.84. The van der Waals surface area contributed by atoms with E-state index >= 15 is 0 Å². The van der Waals surface area contributed by atoms with Crippen LogP contribution in [-0.4, -0.2) is 15.3 Å². The lowest BCUT2D eigenvalue weighted by Crippen LogP contribution is -1.85. The number of hydrogen-bond donors (Lipinski definition) is 0. The van der Waals surface area contributed by atoms with E-state index < -0.39 is 0 Å². The van der Waals surface area contributed by atoms with Crippen LogP contribution in [0.5, 0.6) is 11.5 Å². The molecule has 16 heavy (non-hydrogen) atoms. The molecule has 0 bridgehead atoms. The Balaban J connectivity index is 2.04. The van der Waals surface area contributed by atoms with Crippen molar-refractivity contribution in [3.63, 3.8) is 0 Å². The van der Waals surface area contributed by atoms with Crippen molar-refractivity contribution in [3.05, 3.63) is 42.7 Å². The Kier molecular flexibility index (Phi) is 2.00. The summed E-state index contributed by atoms with van der Waals surface area (Å²) in [5.41, 5.74) is 1.28. The quantitative estimate of drug-likeness (QED) is 0.654. The fraction of sp³-hybridized carbons (Fsp3) is 0. The van der Waals surface area contributed by atoms with Crippen LogP contribution < -0.4 is 4.74 Å². The van der Waals surface area contributed by atoms with E-state index in [1.807, 2.05) is 18.2 Å². The zero-order valence-corrected chi connectivity index (χ0v) is 8.20. The van der Waals surface area contributed by atoms with Crippen molar-refractivity contribution < 1.29 is 9.37 Å². The molecule has 1 aromatic carbocycles. The second kappa shape index (κ2) is 3.62. The van der Waals surface area contributed by atoms with Crippen LogP contribution in [0.15, 0.2) is 47.4 Å². The van der Waals surface area contributed by atoms with Crippen LogP contribution in [0.1, 0.15) is 0 Å². The molecule has 0 spiro atoms. The maximum Gasteiger partial charge on any atom is 0.177 e. The third-order valence-electron chi connectivity index (χ3n) is 2.13. The van der Waals surface area contributed by atoms with Gasteiger partial charge in [-0.25, -0.2) is 4.63 Å². The standard InChI is InChI=1S/C11H7N3O2/c1-2-9-11(14-16-13-9)10(3-1)15-8-4-6-12-7-5-8/h1-7H. The minimum absolute atomic E-state index is 0.610. The van der Waals surface area contributed by atoms with E-state index in [1.165, 1.54) is 0 Å². The predicted molar refractivity (Wildman–Crippen MR) is 56.1 cm³/mol. The first-order valence-electron chi connectivity index (χ1n) is 4.73. The highest BCUT2D eigenvalue weighted by atomic mass is 16.6. The van der Waals surface area contributed by atoms with Crippen LogP contribution in [-0.2, 0) is 0 Å². The van der Waals surface area contributed by atoms with Crippen LogP contribution in [0.3, 0.4) is 0 Å². The lowest BCUT2D eigenvalue weighted by atomic mass is 10.3.